The van der Waals surface area contributed by atoms with Crippen LogP contribution in [0, 0.1) is 5.92 Å². The largest absolute Gasteiger partial charge is 0.394 e. The lowest BCUT2D eigenvalue weighted by Crippen LogP contribution is -1.88. The van der Waals surface area contributed by atoms with E-state index in [1.165, 1.54) is 5.57 Å². The molecule has 0 rings (SSSR count). The average Bonchev–Trinajstić information content (AvgIpc) is 2.14. The highest BCUT2D eigenvalue weighted by Crippen LogP contribution is 2.09. The monoisotopic (exact) mass is 181 g/mol. The maximum Gasteiger partial charge on any atom is 0.00275 e. The van der Waals surface area contributed by atoms with E-state index in [0.29, 0.717) is 5.92 Å². The van der Waals surface area contributed by atoms with Gasteiger partial charge in [0.15, 0.2) is 0 Å². The molecule has 13 heavy (non-hydrogen) atoms. The van der Waals surface area contributed by atoms with Gasteiger partial charge in [0, 0.05) is 7.05 Å². The minimum Gasteiger partial charge on any atom is -0.394 e. The van der Waals surface area contributed by atoms with E-state index < -0.39 is 0 Å². The van der Waals surface area contributed by atoms with Crippen LogP contribution < -0.4 is 5.32 Å². The first kappa shape index (κ1) is 14.5. The van der Waals surface area contributed by atoms with Gasteiger partial charge in [0.2, 0.25) is 0 Å². The first-order chi connectivity index (χ1) is 6.13. The Labute approximate surface area is 83.2 Å². The van der Waals surface area contributed by atoms with E-state index in [1.807, 2.05) is 14.0 Å². The van der Waals surface area contributed by atoms with Gasteiger partial charge < -0.3 is 5.32 Å². The van der Waals surface area contributed by atoms with Gasteiger partial charge in [-0.3, -0.25) is 0 Å². The predicted molar refractivity (Wildman–Crippen MR) is 62.7 cm³/mol. The summed E-state index contributed by atoms with van der Waals surface area (Å²) < 4.78 is 0. The van der Waals surface area contributed by atoms with Crippen LogP contribution in [0.3, 0.4) is 0 Å². The highest BCUT2D eigenvalue weighted by atomic mass is 14.8. The summed E-state index contributed by atoms with van der Waals surface area (Å²) in [5.41, 5.74) is 1.41. The van der Waals surface area contributed by atoms with Crippen LogP contribution in [0.25, 0.3) is 0 Å². The van der Waals surface area contributed by atoms with Gasteiger partial charge in [0.25, 0.3) is 0 Å². The molecule has 0 aromatic heterocycles. The molecule has 0 amide bonds. The number of nitrogens with one attached hydrogen (secondary N) is 1. The van der Waals surface area contributed by atoms with Crippen molar-refractivity contribution in [3.63, 3.8) is 0 Å². The normalized spacial score (nSPS) is 11.1. The third-order valence-corrected chi connectivity index (χ3v) is 1.56. The van der Waals surface area contributed by atoms with Crippen LogP contribution >= 0.6 is 0 Å². The second kappa shape index (κ2) is 11.0. The fraction of sp³-hybridized carbons (Fsp3) is 0.500. The summed E-state index contributed by atoms with van der Waals surface area (Å²) in [4.78, 5) is 0. The highest BCUT2D eigenvalue weighted by Gasteiger charge is 1.94. The minimum absolute atomic E-state index is 0.659. The number of hydrogen-bond acceptors (Lipinski definition) is 1. The van der Waals surface area contributed by atoms with E-state index in [0.717, 1.165) is 0 Å². The second-order valence-corrected chi connectivity index (χ2v) is 2.94. The van der Waals surface area contributed by atoms with E-state index in [4.69, 9.17) is 0 Å². The predicted octanol–water partition coefficient (Wildman–Crippen LogP) is 3.51. The van der Waals surface area contributed by atoms with Crippen LogP contribution in [-0.4, -0.2) is 7.05 Å². The zero-order valence-corrected chi connectivity index (χ0v) is 9.59. The summed E-state index contributed by atoms with van der Waals surface area (Å²) in [5, 5.41) is 2.69. The summed E-state index contributed by atoms with van der Waals surface area (Å²) in [6.45, 7) is 11.9. The molecule has 1 N–H and O–H groups in total. The number of allylic oxidation sites excluding steroid dienone is 4. The van der Waals surface area contributed by atoms with E-state index >= 15 is 0 Å². The number of rotatable bonds is 3. The van der Waals surface area contributed by atoms with E-state index in [-0.39, 0.29) is 0 Å². The summed E-state index contributed by atoms with van der Waals surface area (Å²) in [5.74, 6) is 0.659. The van der Waals surface area contributed by atoms with Crippen molar-refractivity contribution in [3.05, 3.63) is 36.6 Å². The second-order valence-electron chi connectivity index (χ2n) is 2.94. The Balaban J connectivity index is 0. The molecule has 1 heteroatoms. The van der Waals surface area contributed by atoms with Crippen molar-refractivity contribution in [3.8, 4) is 0 Å². The molecular formula is C12H23N. The number of hydrogen-bond donors (Lipinski definition) is 1. The minimum atomic E-state index is 0.659. The lowest BCUT2D eigenvalue weighted by molar-refractivity contribution is 0.789. The van der Waals surface area contributed by atoms with Crippen LogP contribution in [0.15, 0.2) is 36.6 Å². The van der Waals surface area contributed by atoms with Gasteiger partial charge in [-0.2, -0.15) is 0 Å². The smallest absolute Gasteiger partial charge is 0.00275 e. The van der Waals surface area contributed by atoms with Crippen LogP contribution in [0.2, 0.25) is 0 Å². The maximum atomic E-state index is 3.37. The van der Waals surface area contributed by atoms with Crippen molar-refractivity contribution in [1.29, 1.82) is 0 Å². The molecule has 0 aliphatic carbocycles. The zero-order valence-electron chi connectivity index (χ0n) is 9.59. The van der Waals surface area contributed by atoms with Gasteiger partial charge in [0.05, 0.1) is 0 Å². The molecule has 0 spiro atoms. The first-order valence-corrected chi connectivity index (χ1v) is 4.71. The summed E-state index contributed by atoms with van der Waals surface area (Å²) in [6.07, 6.45) is 8.02. The van der Waals surface area contributed by atoms with Crippen molar-refractivity contribution >= 4 is 0 Å². The van der Waals surface area contributed by atoms with Crippen molar-refractivity contribution in [2.75, 3.05) is 7.05 Å². The molecule has 0 aromatic rings. The fourth-order valence-electron chi connectivity index (χ4n) is 0.814. The third kappa shape index (κ3) is 11.0. The Hall–Kier alpha value is -0.980. The van der Waals surface area contributed by atoms with Crippen molar-refractivity contribution < 1.29 is 0 Å². The molecule has 0 aromatic carbocycles. The molecule has 0 radical (unpaired) electrons. The standard InChI is InChI=1S/C9H16.C3H7N/c1-5-7-9(6-2)8(3)4;1-3-4-2/h5-8H,1-4H3;3-4H,1H2,2H3/b7-5-,9-6+;. The van der Waals surface area contributed by atoms with E-state index in [9.17, 15) is 0 Å². The summed E-state index contributed by atoms with van der Waals surface area (Å²) in [6, 6.07) is 0. The van der Waals surface area contributed by atoms with Gasteiger partial charge in [0.1, 0.15) is 0 Å². The van der Waals surface area contributed by atoms with Crippen LogP contribution in [0.5, 0.6) is 0 Å². The van der Waals surface area contributed by atoms with Crippen molar-refractivity contribution in [2.45, 2.75) is 27.7 Å². The lowest BCUT2D eigenvalue weighted by Gasteiger charge is -2.03. The molecule has 1 nitrogen and oxygen atoms in total. The third-order valence-electron chi connectivity index (χ3n) is 1.56. The van der Waals surface area contributed by atoms with Gasteiger partial charge >= 0.3 is 0 Å². The molecule has 0 aliphatic rings. The Morgan fingerprint density at radius 1 is 1.31 bits per heavy atom. The SMILES string of the molecule is C/C=C\C(=C/C)C(C)C.C=CNC. The fourth-order valence-corrected chi connectivity index (χ4v) is 0.814. The van der Waals surface area contributed by atoms with Crippen molar-refractivity contribution in [2.24, 2.45) is 5.92 Å². The molecule has 0 fully saturated rings. The molecule has 0 atom stereocenters. The van der Waals surface area contributed by atoms with Gasteiger partial charge in [-0.25, -0.2) is 0 Å². The molecule has 0 bridgehead atoms. The maximum absolute atomic E-state index is 3.37. The molecular weight excluding hydrogens is 158 g/mol. The molecule has 0 heterocycles. The van der Waals surface area contributed by atoms with Crippen LogP contribution in [0.4, 0.5) is 0 Å². The molecule has 0 unspecified atom stereocenters. The topological polar surface area (TPSA) is 12.0 Å². The average molecular weight is 181 g/mol. The van der Waals surface area contributed by atoms with Gasteiger partial charge in [-0.1, -0.05) is 44.2 Å². The summed E-state index contributed by atoms with van der Waals surface area (Å²) in [7, 11) is 1.81. The summed E-state index contributed by atoms with van der Waals surface area (Å²) >= 11 is 0. The van der Waals surface area contributed by atoms with E-state index in [2.05, 4.69) is 50.9 Å². The van der Waals surface area contributed by atoms with Gasteiger partial charge in [-0.05, 0) is 26.0 Å². The lowest BCUT2D eigenvalue weighted by atomic mass is 10.0. The first-order valence-electron chi connectivity index (χ1n) is 4.71. The Morgan fingerprint density at radius 2 is 1.77 bits per heavy atom. The quantitative estimate of drug-likeness (QED) is 0.657. The molecule has 0 saturated carbocycles. The zero-order chi connectivity index (χ0) is 10.7. The van der Waals surface area contributed by atoms with Crippen molar-refractivity contribution in [1.82, 2.24) is 5.32 Å². The molecule has 0 saturated heterocycles. The van der Waals surface area contributed by atoms with Crippen LogP contribution in [0.1, 0.15) is 27.7 Å². The van der Waals surface area contributed by atoms with Crippen LogP contribution in [-0.2, 0) is 0 Å². The molecule has 0 aliphatic heterocycles. The highest BCUT2D eigenvalue weighted by molar-refractivity contribution is 5.18. The van der Waals surface area contributed by atoms with E-state index in [1.54, 1.807) is 6.20 Å². The Kier molecular flexibility index (Phi) is 12.3. The molecule has 76 valence electrons. The Bertz CT molecular complexity index is 164. The Morgan fingerprint density at radius 3 is 1.85 bits per heavy atom. The van der Waals surface area contributed by atoms with Gasteiger partial charge in [-0.15, -0.1) is 0 Å².